The Morgan fingerprint density at radius 3 is 2.89 bits per heavy atom. The third-order valence-corrected chi connectivity index (χ3v) is 2.78. The zero-order valence-electron chi connectivity index (χ0n) is 10.7. The second kappa shape index (κ2) is 5.56. The molecule has 0 spiro atoms. The highest BCUT2D eigenvalue weighted by Crippen LogP contribution is 2.17. The number of aryl methyl sites for hydroxylation is 1. The maximum Gasteiger partial charge on any atom is 0.272 e. The van der Waals surface area contributed by atoms with Crippen molar-refractivity contribution >= 4 is 17.3 Å². The van der Waals surface area contributed by atoms with Gasteiger partial charge in [-0.1, -0.05) is 6.92 Å². The molecule has 0 aliphatic carbocycles. The summed E-state index contributed by atoms with van der Waals surface area (Å²) >= 11 is 0. The molecule has 19 heavy (non-hydrogen) atoms. The van der Waals surface area contributed by atoms with Gasteiger partial charge in [-0.25, -0.2) is 4.39 Å². The first kappa shape index (κ1) is 13.1. The van der Waals surface area contributed by atoms with E-state index in [4.69, 9.17) is 5.73 Å². The lowest BCUT2D eigenvalue weighted by Crippen LogP contribution is -2.17. The van der Waals surface area contributed by atoms with Crippen LogP contribution in [-0.4, -0.2) is 10.5 Å². The molecule has 0 saturated carbocycles. The number of aromatic nitrogens is 1. The average Bonchev–Trinajstić information content (AvgIpc) is 2.83. The largest absolute Gasteiger partial charge is 0.396 e. The van der Waals surface area contributed by atoms with Crippen molar-refractivity contribution in [3.63, 3.8) is 0 Å². The summed E-state index contributed by atoms with van der Waals surface area (Å²) in [5.74, 6) is -0.725. The van der Waals surface area contributed by atoms with Crippen molar-refractivity contribution < 1.29 is 9.18 Å². The molecule has 0 unspecified atom stereocenters. The van der Waals surface area contributed by atoms with Crippen molar-refractivity contribution in [2.24, 2.45) is 0 Å². The van der Waals surface area contributed by atoms with Crippen LogP contribution in [0.4, 0.5) is 15.8 Å². The maximum atomic E-state index is 13.0. The average molecular weight is 261 g/mol. The van der Waals surface area contributed by atoms with Gasteiger partial charge >= 0.3 is 0 Å². The van der Waals surface area contributed by atoms with Crippen LogP contribution < -0.4 is 11.1 Å². The Morgan fingerprint density at radius 1 is 1.42 bits per heavy atom. The Balaban J connectivity index is 2.16. The molecule has 4 nitrogen and oxygen atoms in total. The molecule has 0 fully saturated rings. The molecule has 1 aromatic carbocycles. The van der Waals surface area contributed by atoms with Gasteiger partial charge in [0.05, 0.1) is 5.69 Å². The number of hydrogen-bond acceptors (Lipinski definition) is 2. The smallest absolute Gasteiger partial charge is 0.272 e. The first-order chi connectivity index (χ1) is 9.11. The van der Waals surface area contributed by atoms with Crippen LogP contribution in [0.3, 0.4) is 0 Å². The van der Waals surface area contributed by atoms with Gasteiger partial charge in [0.25, 0.3) is 5.91 Å². The topological polar surface area (TPSA) is 60.0 Å². The molecule has 1 heterocycles. The predicted octanol–water partition coefficient (Wildman–Crippen LogP) is 2.87. The summed E-state index contributed by atoms with van der Waals surface area (Å²) in [6.45, 7) is 2.82. The fourth-order valence-electron chi connectivity index (χ4n) is 1.87. The summed E-state index contributed by atoms with van der Waals surface area (Å²) < 4.78 is 14.9. The third kappa shape index (κ3) is 2.93. The van der Waals surface area contributed by atoms with E-state index in [0.717, 1.165) is 13.0 Å². The summed E-state index contributed by atoms with van der Waals surface area (Å²) in [6.07, 6.45) is 2.80. The highest BCUT2D eigenvalue weighted by atomic mass is 19.1. The molecule has 1 amide bonds. The number of hydrogen-bond donors (Lipinski definition) is 2. The normalized spacial score (nSPS) is 10.4. The maximum absolute atomic E-state index is 13.0. The van der Waals surface area contributed by atoms with Crippen molar-refractivity contribution in [3.05, 3.63) is 48.0 Å². The molecular formula is C14H16FN3O. The number of halogens is 1. The number of benzene rings is 1. The van der Waals surface area contributed by atoms with E-state index in [1.54, 1.807) is 6.07 Å². The number of amides is 1. The quantitative estimate of drug-likeness (QED) is 0.831. The lowest BCUT2D eigenvalue weighted by molar-refractivity contribution is 0.101. The van der Waals surface area contributed by atoms with Crippen LogP contribution in [0.25, 0.3) is 0 Å². The molecule has 0 aliphatic heterocycles. The Kier molecular flexibility index (Phi) is 3.85. The van der Waals surface area contributed by atoms with Crippen molar-refractivity contribution in [3.8, 4) is 0 Å². The standard InChI is InChI=1S/C14H16FN3O/c1-2-7-18-8-3-4-13(18)14(19)17-10-5-6-11(15)12(16)9-10/h3-6,8-9H,2,7,16H2,1H3,(H,17,19). The van der Waals surface area contributed by atoms with Crippen molar-refractivity contribution in [2.75, 3.05) is 11.1 Å². The number of nitrogens with one attached hydrogen (secondary N) is 1. The fraction of sp³-hybridized carbons (Fsp3) is 0.214. The van der Waals surface area contributed by atoms with Crippen molar-refractivity contribution in [1.29, 1.82) is 0 Å². The number of nitrogen functional groups attached to an aromatic ring is 1. The minimum Gasteiger partial charge on any atom is -0.396 e. The van der Waals surface area contributed by atoms with Gasteiger partial charge in [0.15, 0.2) is 0 Å². The summed E-state index contributed by atoms with van der Waals surface area (Å²) in [5.41, 5.74) is 6.53. The van der Waals surface area contributed by atoms with Crippen molar-refractivity contribution in [1.82, 2.24) is 4.57 Å². The molecule has 2 rings (SSSR count). The van der Waals surface area contributed by atoms with E-state index >= 15 is 0 Å². The van der Waals surface area contributed by atoms with E-state index in [1.165, 1.54) is 18.2 Å². The van der Waals surface area contributed by atoms with Gasteiger partial charge in [0.2, 0.25) is 0 Å². The van der Waals surface area contributed by atoms with Gasteiger partial charge < -0.3 is 15.6 Å². The summed E-state index contributed by atoms with van der Waals surface area (Å²) in [4.78, 5) is 12.1. The first-order valence-electron chi connectivity index (χ1n) is 6.13. The highest BCUT2D eigenvalue weighted by molar-refractivity contribution is 6.03. The van der Waals surface area contributed by atoms with Crippen LogP contribution in [0.5, 0.6) is 0 Å². The van der Waals surface area contributed by atoms with Gasteiger partial charge in [-0.3, -0.25) is 4.79 Å². The van der Waals surface area contributed by atoms with Gasteiger partial charge in [-0.15, -0.1) is 0 Å². The van der Waals surface area contributed by atoms with E-state index in [1.807, 2.05) is 23.8 Å². The SMILES string of the molecule is CCCn1cccc1C(=O)Nc1ccc(F)c(N)c1. The van der Waals surface area contributed by atoms with E-state index in [2.05, 4.69) is 5.32 Å². The van der Waals surface area contributed by atoms with Crippen LogP contribution in [0.15, 0.2) is 36.5 Å². The summed E-state index contributed by atoms with van der Waals surface area (Å²) in [5, 5.41) is 2.70. The minimum atomic E-state index is -0.493. The van der Waals surface area contributed by atoms with E-state index < -0.39 is 5.82 Å². The van der Waals surface area contributed by atoms with E-state index in [9.17, 15) is 9.18 Å². The molecule has 0 saturated heterocycles. The monoisotopic (exact) mass is 261 g/mol. The first-order valence-corrected chi connectivity index (χ1v) is 6.13. The molecule has 0 aliphatic rings. The van der Waals surface area contributed by atoms with Crippen LogP contribution in [0.2, 0.25) is 0 Å². The summed E-state index contributed by atoms with van der Waals surface area (Å²) in [6, 6.07) is 7.69. The Bertz CT molecular complexity index is 592. The molecule has 100 valence electrons. The Hall–Kier alpha value is -2.30. The van der Waals surface area contributed by atoms with Crippen LogP contribution in [0, 0.1) is 5.82 Å². The Labute approximate surface area is 111 Å². The molecule has 1 aromatic heterocycles. The van der Waals surface area contributed by atoms with Gasteiger partial charge in [-0.2, -0.15) is 0 Å². The molecule has 3 N–H and O–H groups in total. The van der Waals surface area contributed by atoms with Crippen LogP contribution in [0.1, 0.15) is 23.8 Å². The van der Waals surface area contributed by atoms with Crippen molar-refractivity contribution in [2.45, 2.75) is 19.9 Å². The minimum absolute atomic E-state index is 0.0155. The van der Waals surface area contributed by atoms with Gasteiger partial charge in [-0.05, 0) is 36.8 Å². The van der Waals surface area contributed by atoms with Crippen LogP contribution in [-0.2, 0) is 6.54 Å². The lowest BCUT2D eigenvalue weighted by Gasteiger charge is -2.09. The molecule has 0 radical (unpaired) electrons. The fourth-order valence-corrected chi connectivity index (χ4v) is 1.87. The zero-order chi connectivity index (χ0) is 13.8. The molecular weight excluding hydrogens is 245 g/mol. The number of anilines is 2. The van der Waals surface area contributed by atoms with Gasteiger partial charge in [0, 0.05) is 18.4 Å². The number of nitrogens with two attached hydrogens (primary N) is 1. The number of nitrogens with zero attached hydrogens (tertiary/aromatic N) is 1. The summed E-state index contributed by atoms with van der Waals surface area (Å²) in [7, 11) is 0. The molecule has 5 heteroatoms. The van der Waals surface area contributed by atoms with E-state index in [-0.39, 0.29) is 11.6 Å². The third-order valence-electron chi connectivity index (χ3n) is 2.78. The second-order valence-corrected chi connectivity index (χ2v) is 4.28. The Morgan fingerprint density at radius 2 is 2.21 bits per heavy atom. The number of carbonyl (C=O) groups is 1. The van der Waals surface area contributed by atoms with Gasteiger partial charge in [0.1, 0.15) is 11.5 Å². The molecule has 0 bridgehead atoms. The number of rotatable bonds is 4. The lowest BCUT2D eigenvalue weighted by atomic mass is 10.2. The number of carbonyl (C=O) groups excluding carboxylic acids is 1. The zero-order valence-corrected chi connectivity index (χ0v) is 10.7. The molecule has 2 aromatic rings. The highest BCUT2D eigenvalue weighted by Gasteiger charge is 2.11. The predicted molar refractivity (Wildman–Crippen MR) is 73.5 cm³/mol. The molecule has 0 atom stereocenters. The van der Waals surface area contributed by atoms with E-state index in [0.29, 0.717) is 11.4 Å². The van der Waals surface area contributed by atoms with Crippen LogP contribution >= 0.6 is 0 Å². The second-order valence-electron chi connectivity index (χ2n) is 4.28.